The van der Waals surface area contributed by atoms with Crippen LogP contribution in [-0.4, -0.2) is 50.6 Å². The number of fused-ring (bicyclic) bond motifs is 2. The largest absolute Gasteiger partial charge is 0.337 e. The standard InChI is InChI=1S/C15H26N4/c1-12(2)19-13-4-5-14(19)10-18(8-6-13)11-15-16-7-9-17(15)3/h7,9,12-14H,4-6,8,10-11H2,1-3H3. The molecule has 2 atom stereocenters. The van der Waals surface area contributed by atoms with E-state index in [9.17, 15) is 0 Å². The normalized spacial score (nSPS) is 29.1. The predicted molar refractivity (Wildman–Crippen MR) is 76.9 cm³/mol. The molecule has 1 aromatic heterocycles. The third kappa shape index (κ3) is 2.56. The molecule has 0 saturated carbocycles. The number of aryl methyl sites for hydroxylation is 1. The lowest BCUT2D eigenvalue weighted by molar-refractivity contribution is 0.144. The van der Waals surface area contributed by atoms with Crippen molar-refractivity contribution in [1.29, 1.82) is 0 Å². The highest BCUT2D eigenvalue weighted by atomic mass is 15.3. The van der Waals surface area contributed by atoms with Crippen molar-refractivity contribution in [2.45, 2.75) is 57.8 Å². The Kier molecular flexibility index (Phi) is 3.63. The summed E-state index contributed by atoms with van der Waals surface area (Å²) in [5, 5.41) is 0. The molecule has 4 heteroatoms. The summed E-state index contributed by atoms with van der Waals surface area (Å²) in [6.45, 7) is 8.12. The molecule has 2 fully saturated rings. The molecule has 0 spiro atoms. The lowest BCUT2D eigenvalue weighted by Gasteiger charge is -2.32. The second-order valence-corrected chi connectivity index (χ2v) is 6.40. The van der Waals surface area contributed by atoms with E-state index in [-0.39, 0.29) is 0 Å². The van der Waals surface area contributed by atoms with Crippen LogP contribution < -0.4 is 0 Å². The van der Waals surface area contributed by atoms with Crippen molar-refractivity contribution in [2.75, 3.05) is 13.1 Å². The molecule has 1 aromatic rings. The first-order valence-corrected chi connectivity index (χ1v) is 7.61. The van der Waals surface area contributed by atoms with E-state index in [2.05, 4.69) is 40.2 Å². The monoisotopic (exact) mass is 262 g/mol. The smallest absolute Gasteiger partial charge is 0.122 e. The summed E-state index contributed by atoms with van der Waals surface area (Å²) >= 11 is 0. The molecule has 3 heterocycles. The highest BCUT2D eigenvalue weighted by molar-refractivity contribution is 4.97. The topological polar surface area (TPSA) is 24.3 Å². The van der Waals surface area contributed by atoms with Crippen molar-refractivity contribution in [3.05, 3.63) is 18.2 Å². The molecule has 2 saturated heterocycles. The van der Waals surface area contributed by atoms with Crippen molar-refractivity contribution in [1.82, 2.24) is 19.4 Å². The molecule has 2 bridgehead atoms. The second kappa shape index (κ2) is 5.25. The Morgan fingerprint density at radius 1 is 1.26 bits per heavy atom. The Bertz CT molecular complexity index is 426. The number of hydrogen-bond acceptors (Lipinski definition) is 3. The molecular formula is C15H26N4. The molecule has 3 rings (SSSR count). The zero-order valence-electron chi connectivity index (χ0n) is 12.4. The van der Waals surface area contributed by atoms with Crippen molar-refractivity contribution in [2.24, 2.45) is 7.05 Å². The van der Waals surface area contributed by atoms with E-state index < -0.39 is 0 Å². The Balaban J connectivity index is 1.69. The zero-order chi connectivity index (χ0) is 13.4. The van der Waals surface area contributed by atoms with Crippen LogP contribution in [0.25, 0.3) is 0 Å². The van der Waals surface area contributed by atoms with Gasteiger partial charge in [-0.2, -0.15) is 0 Å². The van der Waals surface area contributed by atoms with E-state index in [0.29, 0.717) is 6.04 Å². The van der Waals surface area contributed by atoms with Crippen LogP contribution in [0.4, 0.5) is 0 Å². The van der Waals surface area contributed by atoms with Crippen LogP contribution in [-0.2, 0) is 13.6 Å². The fourth-order valence-corrected chi connectivity index (χ4v) is 3.92. The van der Waals surface area contributed by atoms with Crippen LogP contribution >= 0.6 is 0 Å². The lowest BCUT2D eigenvalue weighted by atomic mass is 10.1. The van der Waals surface area contributed by atoms with Gasteiger partial charge in [0.25, 0.3) is 0 Å². The molecule has 4 nitrogen and oxygen atoms in total. The van der Waals surface area contributed by atoms with Gasteiger partial charge in [0.15, 0.2) is 0 Å². The average Bonchev–Trinajstić information content (AvgIpc) is 2.86. The van der Waals surface area contributed by atoms with Crippen molar-refractivity contribution >= 4 is 0 Å². The summed E-state index contributed by atoms with van der Waals surface area (Å²) in [6.07, 6.45) is 8.04. The van der Waals surface area contributed by atoms with Gasteiger partial charge in [-0.25, -0.2) is 4.98 Å². The van der Waals surface area contributed by atoms with Gasteiger partial charge in [0.05, 0.1) is 6.54 Å². The van der Waals surface area contributed by atoms with Gasteiger partial charge in [-0.15, -0.1) is 0 Å². The van der Waals surface area contributed by atoms with Gasteiger partial charge in [0.2, 0.25) is 0 Å². The summed E-state index contributed by atoms with van der Waals surface area (Å²) in [4.78, 5) is 9.83. The second-order valence-electron chi connectivity index (χ2n) is 6.40. The first-order chi connectivity index (χ1) is 9.15. The fourth-order valence-electron chi connectivity index (χ4n) is 3.92. The van der Waals surface area contributed by atoms with Gasteiger partial charge in [0, 0.05) is 50.7 Å². The molecule has 0 N–H and O–H groups in total. The van der Waals surface area contributed by atoms with Gasteiger partial charge in [-0.05, 0) is 33.1 Å². The summed E-state index contributed by atoms with van der Waals surface area (Å²) < 4.78 is 2.14. The molecule has 2 aliphatic heterocycles. The van der Waals surface area contributed by atoms with Crippen LogP contribution in [0, 0.1) is 0 Å². The number of imidazole rings is 1. The Labute approximate surface area is 116 Å². The lowest BCUT2D eigenvalue weighted by Crippen LogP contribution is -2.43. The maximum absolute atomic E-state index is 4.46. The summed E-state index contributed by atoms with van der Waals surface area (Å²) in [7, 11) is 2.09. The average molecular weight is 262 g/mol. The molecule has 0 aliphatic carbocycles. The van der Waals surface area contributed by atoms with Crippen LogP contribution in [0.2, 0.25) is 0 Å². The van der Waals surface area contributed by atoms with E-state index in [4.69, 9.17) is 0 Å². The van der Waals surface area contributed by atoms with E-state index in [0.717, 1.165) is 18.6 Å². The summed E-state index contributed by atoms with van der Waals surface area (Å²) in [6, 6.07) is 2.26. The highest BCUT2D eigenvalue weighted by Crippen LogP contribution is 2.32. The van der Waals surface area contributed by atoms with Gasteiger partial charge < -0.3 is 4.57 Å². The maximum atomic E-state index is 4.46. The Morgan fingerprint density at radius 3 is 2.74 bits per heavy atom. The van der Waals surface area contributed by atoms with E-state index >= 15 is 0 Å². The maximum Gasteiger partial charge on any atom is 0.122 e. The molecule has 0 amide bonds. The minimum Gasteiger partial charge on any atom is -0.337 e. The minimum absolute atomic E-state index is 0.686. The summed E-state index contributed by atoms with van der Waals surface area (Å²) in [5.74, 6) is 1.19. The Morgan fingerprint density at radius 2 is 2.05 bits per heavy atom. The Hall–Kier alpha value is -0.870. The van der Waals surface area contributed by atoms with Gasteiger partial charge in [0.1, 0.15) is 5.82 Å². The molecule has 0 aromatic carbocycles. The van der Waals surface area contributed by atoms with Crippen molar-refractivity contribution < 1.29 is 0 Å². The van der Waals surface area contributed by atoms with Crippen molar-refractivity contribution in [3.63, 3.8) is 0 Å². The molecular weight excluding hydrogens is 236 g/mol. The van der Waals surface area contributed by atoms with Crippen molar-refractivity contribution in [3.8, 4) is 0 Å². The molecule has 19 heavy (non-hydrogen) atoms. The van der Waals surface area contributed by atoms with Gasteiger partial charge in [-0.1, -0.05) is 0 Å². The van der Waals surface area contributed by atoms with Gasteiger partial charge >= 0.3 is 0 Å². The SMILES string of the molecule is CC(C)N1C2CCC1CN(Cc1nccn1C)CC2. The first-order valence-electron chi connectivity index (χ1n) is 7.61. The third-order valence-corrected chi connectivity index (χ3v) is 4.81. The number of rotatable bonds is 3. The van der Waals surface area contributed by atoms with E-state index in [1.807, 2.05) is 12.4 Å². The summed E-state index contributed by atoms with van der Waals surface area (Å²) in [5.41, 5.74) is 0. The third-order valence-electron chi connectivity index (χ3n) is 4.81. The molecule has 0 radical (unpaired) electrons. The van der Waals surface area contributed by atoms with Crippen LogP contribution in [0.15, 0.2) is 12.4 Å². The number of hydrogen-bond donors (Lipinski definition) is 0. The van der Waals surface area contributed by atoms with Crippen LogP contribution in [0.5, 0.6) is 0 Å². The van der Waals surface area contributed by atoms with Gasteiger partial charge in [-0.3, -0.25) is 9.80 Å². The molecule has 2 unspecified atom stereocenters. The van der Waals surface area contributed by atoms with Crippen LogP contribution in [0.1, 0.15) is 38.9 Å². The molecule has 2 aliphatic rings. The quantitative estimate of drug-likeness (QED) is 0.831. The fraction of sp³-hybridized carbons (Fsp3) is 0.800. The number of aromatic nitrogens is 2. The zero-order valence-corrected chi connectivity index (χ0v) is 12.4. The molecule has 106 valence electrons. The first kappa shape index (κ1) is 13.1. The number of nitrogens with zero attached hydrogens (tertiary/aromatic N) is 4. The predicted octanol–water partition coefficient (Wildman–Crippen LogP) is 1.87. The highest BCUT2D eigenvalue weighted by Gasteiger charge is 2.38. The number of likely N-dealkylation sites (tertiary alicyclic amines) is 1. The van der Waals surface area contributed by atoms with Crippen LogP contribution in [0.3, 0.4) is 0 Å². The van der Waals surface area contributed by atoms with E-state index in [1.54, 1.807) is 0 Å². The minimum atomic E-state index is 0.686. The van der Waals surface area contributed by atoms with E-state index in [1.165, 1.54) is 38.2 Å².